The molecule has 1 N–H and O–H groups in total. The fourth-order valence-corrected chi connectivity index (χ4v) is 3.04. The van der Waals surface area contributed by atoms with Crippen LogP contribution < -0.4 is 4.74 Å². The van der Waals surface area contributed by atoms with Gasteiger partial charge in [0, 0.05) is 4.47 Å². The average molecular weight is 313 g/mol. The van der Waals surface area contributed by atoms with E-state index in [1.807, 2.05) is 13.0 Å². The summed E-state index contributed by atoms with van der Waals surface area (Å²) < 4.78 is 6.75. The van der Waals surface area contributed by atoms with Gasteiger partial charge in [-0.05, 0) is 50.8 Å². The molecule has 1 aromatic rings. The first-order valence-electron chi connectivity index (χ1n) is 6.08. The van der Waals surface area contributed by atoms with Crippen molar-refractivity contribution in [1.82, 2.24) is 0 Å². The Hall–Kier alpha value is -0.870. The van der Waals surface area contributed by atoms with E-state index in [4.69, 9.17) is 4.74 Å². The van der Waals surface area contributed by atoms with Gasteiger partial charge in [0.2, 0.25) is 0 Å². The van der Waals surface area contributed by atoms with Crippen LogP contribution in [0.2, 0.25) is 0 Å². The second kappa shape index (κ2) is 5.02. The molecule has 0 heterocycles. The van der Waals surface area contributed by atoms with E-state index in [0.29, 0.717) is 11.3 Å². The highest BCUT2D eigenvalue weighted by molar-refractivity contribution is 9.10. The van der Waals surface area contributed by atoms with Crippen LogP contribution in [0, 0.1) is 6.92 Å². The number of benzene rings is 1. The largest absolute Gasteiger partial charge is 0.486 e. The molecule has 0 aliphatic heterocycles. The predicted molar refractivity (Wildman–Crippen MR) is 73.2 cm³/mol. The summed E-state index contributed by atoms with van der Waals surface area (Å²) in [7, 11) is 0. The summed E-state index contributed by atoms with van der Waals surface area (Å²) >= 11 is 3.36. The van der Waals surface area contributed by atoms with Gasteiger partial charge in [-0.2, -0.15) is 0 Å². The maximum absolute atomic E-state index is 11.1. The lowest BCUT2D eigenvalue weighted by Gasteiger charge is -2.27. The van der Waals surface area contributed by atoms with Crippen molar-refractivity contribution in [3.63, 3.8) is 0 Å². The third kappa shape index (κ3) is 2.59. The van der Waals surface area contributed by atoms with Crippen LogP contribution in [-0.2, 0) is 0 Å². The molecule has 1 aliphatic rings. The zero-order valence-electron chi connectivity index (χ0n) is 10.6. The number of carbonyl (C=O) groups excluding carboxylic acids is 1. The highest BCUT2D eigenvalue weighted by Crippen LogP contribution is 2.35. The third-order valence-corrected chi connectivity index (χ3v) is 3.96. The van der Waals surface area contributed by atoms with Crippen molar-refractivity contribution >= 4 is 22.2 Å². The SMILES string of the molecule is Cc1cc(Br)cc(C=O)c1OC1CCCC1(C)O. The molecule has 1 saturated carbocycles. The first kappa shape index (κ1) is 13.6. The lowest BCUT2D eigenvalue weighted by Crippen LogP contribution is -2.38. The van der Waals surface area contributed by atoms with Crippen LogP contribution in [0.15, 0.2) is 16.6 Å². The number of aliphatic hydroxyl groups is 1. The van der Waals surface area contributed by atoms with Gasteiger partial charge < -0.3 is 9.84 Å². The van der Waals surface area contributed by atoms with Crippen LogP contribution in [0.25, 0.3) is 0 Å². The monoisotopic (exact) mass is 312 g/mol. The van der Waals surface area contributed by atoms with E-state index in [1.165, 1.54) is 0 Å². The standard InChI is InChI=1S/C14H17BrO3/c1-9-6-11(15)7-10(8-16)13(9)18-12-4-3-5-14(12,2)17/h6-8,12,17H,3-5H2,1-2H3. The Kier molecular flexibility index (Phi) is 3.78. The van der Waals surface area contributed by atoms with Gasteiger partial charge in [0.05, 0.1) is 11.2 Å². The van der Waals surface area contributed by atoms with Gasteiger partial charge in [0.15, 0.2) is 6.29 Å². The minimum Gasteiger partial charge on any atom is -0.486 e. The highest BCUT2D eigenvalue weighted by Gasteiger charge is 2.39. The van der Waals surface area contributed by atoms with Gasteiger partial charge in [-0.3, -0.25) is 4.79 Å². The van der Waals surface area contributed by atoms with Crippen LogP contribution in [0.3, 0.4) is 0 Å². The smallest absolute Gasteiger partial charge is 0.153 e. The van der Waals surface area contributed by atoms with E-state index in [1.54, 1.807) is 13.0 Å². The summed E-state index contributed by atoms with van der Waals surface area (Å²) in [5.41, 5.74) is 0.610. The minimum atomic E-state index is -0.806. The van der Waals surface area contributed by atoms with E-state index < -0.39 is 5.60 Å². The van der Waals surface area contributed by atoms with E-state index in [-0.39, 0.29) is 6.10 Å². The number of rotatable bonds is 3. The van der Waals surface area contributed by atoms with Crippen molar-refractivity contribution in [1.29, 1.82) is 0 Å². The summed E-state index contributed by atoms with van der Waals surface area (Å²) in [4.78, 5) is 11.1. The first-order valence-corrected chi connectivity index (χ1v) is 6.87. The number of hydrogen-bond donors (Lipinski definition) is 1. The zero-order valence-corrected chi connectivity index (χ0v) is 12.2. The quantitative estimate of drug-likeness (QED) is 0.871. The van der Waals surface area contributed by atoms with E-state index in [2.05, 4.69) is 15.9 Å². The summed E-state index contributed by atoms with van der Waals surface area (Å²) in [6, 6.07) is 3.64. The topological polar surface area (TPSA) is 46.5 Å². The molecule has 2 unspecified atom stereocenters. The van der Waals surface area contributed by atoms with Gasteiger partial charge >= 0.3 is 0 Å². The molecule has 3 nitrogen and oxygen atoms in total. The Bertz CT molecular complexity index is 468. The molecule has 2 rings (SSSR count). The Labute approximate surface area is 115 Å². The van der Waals surface area contributed by atoms with Gasteiger partial charge in [0.1, 0.15) is 11.9 Å². The molecule has 98 valence electrons. The molecule has 1 aromatic carbocycles. The lowest BCUT2D eigenvalue weighted by atomic mass is 10.0. The molecule has 18 heavy (non-hydrogen) atoms. The van der Waals surface area contributed by atoms with E-state index in [9.17, 15) is 9.90 Å². The maximum atomic E-state index is 11.1. The number of aldehydes is 1. The second-order valence-corrected chi connectivity index (χ2v) is 6.03. The summed E-state index contributed by atoms with van der Waals surface area (Å²) in [5.74, 6) is 0.584. The van der Waals surface area contributed by atoms with Crippen LogP contribution in [0.4, 0.5) is 0 Å². The number of aryl methyl sites for hydroxylation is 1. The highest BCUT2D eigenvalue weighted by atomic mass is 79.9. The molecular formula is C14H17BrO3. The Morgan fingerprint density at radius 1 is 1.56 bits per heavy atom. The van der Waals surface area contributed by atoms with Gasteiger partial charge in [-0.15, -0.1) is 0 Å². The number of carbonyl (C=O) groups is 1. The molecule has 0 saturated heterocycles. The number of ether oxygens (including phenoxy) is 1. The molecule has 1 fully saturated rings. The van der Waals surface area contributed by atoms with Crippen LogP contribution >= 0.6 is 15.9 Å². The molecule has 0 amide bonds. The summed E-state index contributed by atoms with van der Waals surface area (Å²) in [6.45, 7) is 3.69. The van der Waals surface area contributed by atoms with E-state index >= 15 is 0 Å². The fourth-order valence-electron chi connectivity index (χ4n) is 2.45. The van der Waals surface area contributed by atoms with Crippen molar-refractivity contribution in [2.75, 3.05) is 0 Å². The Morgan fingerprint density at radius 2 is 2.28 bits per heavy atom. The molecule has 2 atom stereocenters. The van der Waals surface area contributed by atoms with E-state index in [0.717, 1.165) is 35.6 Å². The summed E-state index contributed by atoms with van der Waals surface area (Å²) in [6.07, 6.45) is 3.06. The average Bonchev–Trinajstić information content (AvgIpc) is 2.61. The van der Waals surface area contributed by atoms with Crippen molar-refractivity contribution < 1.29 is 14.6 Å². The lowest BCUT2D eigenvalue weighted by molar-refractivity contribution is -0.0256. The number of hydrogen-bond acceptors (Lipinski definition) is 3. The summed E-state index contributed by atoms with van der Waals surface area (Å²) in [5, 5.41) is 10.2. The second-order valence-electron chi connectivity index (χ2n) is 5.11. The normalized spacial score (nSPS) is 27.2. The molecule has 0 radical (unpaired) electrons. The van der Waals surface area contributed by atoms with Crippen molar-refractivity contribution in [3.8, 4) is 5.75 Å². The Morgan fingerprint density at radius 3 is 2.83 bits per heavy atom. The van der Waals surface area contributed by atoms with Crippen LogP contribution in [0.1, 0.15) is 42.1 Å². The number of halogens is 1. The van der Waals surface area contributed by atoms with Gasteiger partial charge in [-0.1, -0.05) is 15.9 Å². The molecule has 0 spiro atoms. The van der Waals surface area contributed by atoms with Gasteiger partial charge in [0.25, 0.3) is 0 Å². The predicted octanol–water partition coefficient (Wildman–Crippen LogP) is 3.25. The Balaban J connectivity index is 2.31. The first-order chi connectivity index (χ1) is 8.44. The fraction of sp³-hybridized carbons (Fsp3) is 0.500. The van der Waals surface area contributed by atoms with Gasteiger partial charge in [-0.25, -0.2) is 0 Å². The van der Waals surface area contributed by atoms with Crippen LogP contribution in [0.5, 0.6) is 5.75 Å². The molecule has 1 aliphatic carbocycles. The molecule has 0 bridgehead atoms. The zero-order chi connectivity index (χ0) is 13.3. The minimum absolute atomic E-state index is 0.240. The molecular weight excluding hydrogens is 296 g/mol. The maximum Gasteiger partial charge on any atom is 0.153 e. The van der Waals surface area contributed by atoms with Crippen LogP contribution in [-0.4, -0.2) is 23.1 Å². The van der Waals surface area contributed by atoms with Crippen molar-refractivity contribution in [2.45, 2.75) is 44.8 Å². The van der Waals surface area contributed by atoms with Crippen molar-refractivity contribution in [3.05, 3.63) is 27.7 Å². The molecule has 0 aromatic heterocycles. The molecule has 4 heteroatoms. The third-order valence-electron chi connectivity index (χ3n) is 3.50. The van der Waals surface area contributed by atoms with Crippen molar-refractivity contribution in [2.24, 2.45) is 0 Å².